The van der Waals surface area contributed by atoms with Crippen LogP contribution < -0.4 is 5.32 Å². The van der Waals surface area contributed by atoms with Crippen LogP contribution >= 0.6 is 0 Å². The highest BCUT2D eigenvalue weighted by Gasteiger charge is 2.41. The Morgan fingerprint density at radius 2 is 1.89 bits per heavy atom. The van der Waals surface area contributed by atoms with Crippen molar-refractivity contribution in [2.75, 3.05) is 19.6 Å². The lowest BCUT2D eigenvalue weighted by atomic mass is 9.91. The average molecular weight is 374 g/mol. The molecule has 2 N–H and O–H groups in total. The van der Waals surface area contributed by atoms with Crippen LogP contribution in [0, 0.1) is 11.6 Å². The van der Waals surface area contributed by atoms with Gasteiger partial charge in [0.15, 0.2) is 17.2 Å². The molecule has 1 atom stereocenters. The van der Waals surface area contributed by atoms with E-state index in [0.717, 1.165) is 18.1 Å². The van der Waals surface area contributed by atoms with Gasteiger partial charge in [-0.1, -0.05) is 42.5 Å². The topological polar surface area (TPSA) is 52.6 Å². The lowest BCUT2D eigenvalue weighted by molar-refractivity contribution is -0.156. The third-order valence-electron chi connectivity index (χ3n) is 4.98. The molecule has 1 saturated heterocycles. The Labute approximate surface area is 157 Å². The van der Waals surface area contributed by atoms with E-state index in [0.29, 0.717) is 25.9 Å². The summed E-state index contributed by atoms with van der Waals surface area (Å²) in [7, 11) is 0. The van der Waals surface area contributed by atoms with Gasteiger partial charge in [0, 0.05) is 31.7 Å². The molecule has 1 aliphatic heterocycles. The summed E-state index contributed by atoms with van der Waals surface area (Å²) < 4.78 is 27.0. The van der Waals surface area contributed by atoms with Crippen molar-refractivity contribution in [2.24, 2.45) is 0 Å². The Balaban J connectivity index is 1.56. The van der Waals surface area contributed by atoms with Crippen LogP contribution in [-0.4, -0.2) is 41.1 Å². The molecule has 0 radical (unpaired) electrons. The van der Waals surface area contributed by atoms with Crippen molar-refractivity contribution in [3.63, 3.8) is 0 Å². The van der Waals surface area contributed by atoms with E-state index in [-0.39, 0.29) is 24.6 Å². The van der Waals surface area contributed by atoms with Gasteiger partial charge >= 0.3 is 0 Å². The maximum absolute atomic E-state index is 13.7. The van der Waals surface area contributed by atoms with Gasteiger partial charge in [0.1, 0.15) is 0 Å². The molecule has 0 aliphatic carbocycles. The molecule has 6 heteroatoms. The van der Waals surface area contributed by atoms with E-state index < -0.39 is 17.2 Å². The van der Waals surface area contributed by atoms with Crippen LogP contribution in [0.1, 0.15) is 24.0 Å². The predicted molar refractivity (Wildman–Crippen MR) is 99.0 cm³/mol. The van der Waals surface area contributed by atoms with Crippen molar-refractivity contribution < 1.29 is 18.7 Å². The molecule has 144 valence electrons. The summed E-state index contributed by atoms with van der Waals surface area (Å²) in [5.41, 5.74) is -0.208. The highest BCUT2D eigenvalue weighted by Crippen LogP contribution is 2.23. The number of benzene rings is 2. The largest absolute Gasteiger partial charge is 0.379 e. The lowest BCUT2D eigenvalue weighted by Gasteiger charge is -2.38. The van der Waals surface area contributed by atoms with E-state index in [1.54, 1.807) is 4.90 Å². The number of hydrogen-bond donors (Lipinski definition) is 2. The molecule has 0 unspecified atom stereocenters. The third kappa shape index (κ3) is 4.70. The number of hydrogen-bond acceptors (Lipinski definition) is 3. The minimum absolute atomic E-state index is 0.00359. The second-order valence-corrected chi connectivity index (χ2v) is 6.98. The summed E-state index contributed by atoms with van der Waals surface area (Å²) in [5, 5.41) is 13.7. The molecule has 2 aromatic carbocycles. The molecule has 0 spiro atoms. The van der Waals surface area contributed by atoms with E-state index in [4.69, 9.17) is 0 Å². The van der Waals surface area contributed by atoms with Gasteiger partial charge in [-0.15, -0.1) is 0 Å². The zero-order chi connectivity index (χ0) is 19.3. The van der Waals surface area contributed by atoms with Gasteiger partial charge in [0.2, 0.25) is 0 Å². The average Bonchev–Trinajstić information content (AvgIpc) is 2.67. The van der Waals surface area contributed by atoms with Crippen LogP contribution in [0.25, 0.3) is 0 Å². The van der Waals surface area contributed by atoms with Gasteiger partial charge in [0.05, 0.1) is 0 Å². The molecule has 1 heterocycles. The van der Waals surface area contributed by atoms with Crippen LogP contribution in [0.3, 0.4) is 0 Å². The summed E-state index contributed by atoms with van der Waals surface area (Å²) in [6.45, 7) is 1.21. The van der Waals surface area contributed by atoms with E-state index in [9.17, 15) is 18.7 Å². The maximum Gasteiger partial charge on any atom is 0.255 e. The number of nitrogens with one attached hydrogen (secondary N) is 1. The Morgan fingerprint density at radius 1 is 1.11 bits per heavy atom. The van der Waals surface area contributed by atoms with E-state index >= 15 is 0 Å². The zero-order valence-electron chi connectivity index (χ0n) is 15.1. The van der Waals surface area contributed by atoms with Crippen molar-refractivity contribution in [2.45, 2.75) is 31.4 Å². The summed E-state index contributed by atoms with van der Waals surface area (Å²) in [6, 6.07) is 13.8. The van der Waals surface area contributed by atoms with Crippen molar-refractivity contribution in [1.29, 1.82) is 0 Å². The monoisotopic (exact) mass is 374 g/mol. The van der Waals surface area contributed by atoms with Gasteiger partial charge < -0.3 is 15.3 Å². The highest BCUT2D eigenvalue weighted by molar-refractivity contribution is 5.86. The van der Waals surface area contributed by atoms with E-state index in [1.807, 2.05) is 30.3 Å². The first kappa shape index (κ1) is 19.5. The van der Waals surface area contributed by atoms with Gasteiger partial charge in [-0.25, -0.2) is 8.78 Å². The molecule has 2 aromatic rings. The molecular weight excluding hydrogens is 350 g/mol. The van der Waals surface area contributed by atoms with Crippen LogP contribution in [0.2, 0.25) is 0 Å². The second-order valence-electron chi connectivity index (χ2n) is 6.98. The van der Waals surface area contributed by atoms with Crippen molar-refractivity contribution in [3.05, 3.63) is 71.3 Å². The molecule has 1 aliphatic rings. The molecule has 0 saturated carbocycles. The van der Waals surface area contributed by atoms with E-state index in [2.05, 4.69) is 5.32 Å². The van der Waals surface area contributed by atoms with Gasteiger partial charge in [-0.3, -0.25) is 4.79 Å². The fraction of sp³-hybridized carbons (Fsp3) is 0.381. The Morgan fingerprint density at radius 3 is 2.67 bits per heavy atom. The molecule has 0 aromatic heterocycles. The number of piperidine rings is 1. The minimum atomic E-state index is -1.52. The molecule has 3 rings (SSSR count). The normalized spacial score (nSPS) is 20.1. The number of rotatable bonds is 7. The number of carbonyl (C=O) groups is 1. The van der Waals surface area contributed by atoms with E-state index in [1.165, 1.54) is 12.1 Å². The Kier molecular flexibility index (Phi) is 6.19. The number of amides is 1. The first-order chi connectivity index (χ1) is 13.0. The molecule has 1 amide bonds. The smallest absolute Gasteiger partial charge is 0.255 e. The van der Waals surface area contributed by atoms with Gasteiger partial charge in [-0.2, -0.15) is 0 Å². The van der Waals surface area contributed by atoms with Crippen LogP contribution in [0.4, 0.5) is 8.78 Å². The number of halogens is 2. The van der Waals surface area contributed by atoms with Crippen LogP contribution in [-0.2, 0) is 17.8 Å². The van der Waals surface area contributed by atoms with Crippen molar-refractivity contribution in [1.82, 2.24) is 10.2 Å². The number of nitrogens with zero attached hydrogens (tertiary/aromatic N) is 1. The zero-order valence-corrected chi connectivity index (χ0v) is 15.1. The molecule has 27 heavy (non-hydrogen) atoms. The molecule has 4 nitrogen and oxygen atoms in total. The minimum Gasteiger partial charge on any atom is -0.379 e. The quantitative estimate of drug-likeness (QED) is 0.784. The maximum atomic E-state index is 13.7. The summed E-state index contributed by atoms with van der Waals surface area (Å²) >= 11 is 0. The predicted octanol–water partition coefficient (Wildman–Crippen LogP) is 2.65. The fourth-order valence-electron chi connectivity index (χ4n) is 3.44. The van der Waals surface area contributed by atoms with Gasteiger partial charge in [0.25, 0.3) is 5.91 Å². The van der Waals surface area contributed by atoms with Crippen molar-refractivity contribution >= 4 is 5.91 Å². The summed E-state index contributed by atoms with van der Waals surface area (Å²) in [6.07, 6.45) is 1.78. The Bertz CT molecular complexity index is 785. The molecule has 1 fully saturated rings. The first-order valence-corrected chi connectivity index (χ1v) is 9.19. The van der Waals surface area contributed by atoms with Crippen LogP contribution in [0.15, 0.2) is 48.5 Å². The Hall–Kier alpha value is -2.31. The number of likely N-dealkylation sites (tertiary alicyclic amines) is 1. The second kappa shape index (κ2) is 8.59. The summed E-state index contributed by atoms with van der Waals surface area (Å²) in [4.78, 5) is 14.4. The van der Waals surface area contributed by atoms with Crippen molar-refractivity contribution in [3.8, 4) is 0 Å². The highest BCUT2D eigenvalue weighted by atomic mass is 19.2. The standard InChI is InChI=1S/C21H24F2N2O2/c22-18-9-4-8-17(19(18)23)14-24-15-21(27)11-5-12-25(20(21)26)13-10-16-6-2-1-3-7-16/h1-4,6-9,24,27H,5,10-15H2/t21-/m1/s1. The van der Waals surface area contributed by atoms with Crippen LogP contribution in [0.5, 0.6) is 0 Å². The van der Waals surface area contributed by atoms with Gasteiger partial charge in [-0.05, 0) is 30.9 Å². The third-order valence-corrected chi connectivity index (χ3v) is 4.98. The fourth-order valence-corrected chi connectivity index (χ4v) is 3.44. The SMILES string of the molecule is O=C1N(CCc2ccccc2)CCC[C@@]1(O)CNCc1cccc(F)c1F. The summed E-state index contributed by atoms with van der Waals surface area (Å²) in [5.74, 6) is -2.12. The number of carbonyl (C=O) groups excluding carboxylic acids is 1. The lowest BCUT2D eigenvalue weighted by Crippen LogP contribution is -2.58. The molecular formula is C21H24F2N2O2. The number of aliphatic hydroxyl groups is 1. The first-order valence-electron chi connectivity index (χ1n) is 9.19. The molecule has 0 bridgehead atoms.